The van der Waals surface area contributed by atoms with Crippen LogP contribution in [0, 0.1) is 0 Å². The Morgan fingerprint density at radius 2 is 1.67 bits per heavy atom. The summed E-state index contributed by atoms with van der Waals surface area (Å²) >= 11 is 0. The Labute approximate surface area is 257 Å². The van der Waals surface area contributed by atoms with E-state index < -0.39 is 85.8 Å². The van der Waals surface area contributed by atoms with Crippen molar-refractivity contribution < 1.29 is 80.5 Å². The molecule has 0 aliphatic carbocycles. The minimum absolute atomic E-state index is 0.00729. The predicted molar refractivity (Wildman–Crippen MR) is 144 cm³/mol. The summed E-state index contributed by atoms with van der Waals surface area (Å²) in [5, 5.41) is 31.4. The van der Waals surface area contributed by atoms with Crippen molar-refractivity contribution in [1.29, 1.82) is 0 Å². The molecule has 10 N–H and O–H groups in total. The van der Waals surface area contributed by atoms with Crippen LogP contribution in [0.15, 0.2) is 37.2 Å². The second kappa shape index (κ2) is 13.2. The lowest BCUT2D eigenvalue weighted by atomic mass is 10.1. The molecule has 3 aromatic heterocycles. The van der Waals surface area contributed by atoms with Gasteiger partial charge in [0, 0.05) is 6.07 Å². The summed E-state index contributed by atoms with van der Waals surface area (Å²) in [5.74, 6) is -0.0532. The maximum absolute atomic E-state index is 12.5. The maximum atomic E-state index is 12.5. The standard InChI is InChI=1S/C20H28N7O16P3/c21-9-2-1-3-26(4-9)19-15(30)13(28)10(40-19)5-38-45(34,35)43-46(36,37)39-6-11-14(29)16(42-44(31,32)33)20(41-11)27-8-25-12-17(22)23-7-24-18(12)27/h1-4,7-8,10-11,13-16,19-20,28-30H,5-6,21H2,(H5-,22,23,24,31,32,33,34,35,36,37)/t10-,11-,13-,14-,15-,16-,19-,20-/m1/s1. The number of ether oxygens (including phenoxy) is 2. The molecule has 2 aliphatic rings. The van der Waals surface area contributed by atoms with Gasteiger partial charge in [0.25, 0.3) is 14.1 Å². The molecule has 0 spiro atoms. The molecule has 0 bridgehead atoms. The van der Waals surface area contributed by atoms with E-state index in [1.807, 2.05) is 0 Å². The molecule has 5 heterocycles. The topological polar surface area (TPSA) is 351 Å². The second-order valence-corrected chi connectivity index (χ2v) is 14.1. The molecule has 26 heteroatoms. The maximum Gasteiger partial charge on any atom is 0.478 e. The van der Waals surface area contributed by atoms with E-state index in [0.29, 0.717) is 5.69 Å². The van der Waals surface area contributed by atoms with Gasteiger partial charge in [-0.25, -0.2) is 28.4 Å². The summed E-state index contributed by atoms with van der Waals surface area (Å²) in [5.41, 5.74) is 11.8. The average Bonchev–Trinajstić information content (AvgIpc) is 3.60. The summed E-state index contributed by atoms with van der Waals surface area (Å²) in [4.78, 5) is 52.9. The molecule has 10 atom stereocenters. The summed E-state index contributed by atoms with van der Waals surface area (Å²) in [6.45, 7) is -2.04. The van der Waals surface area contributed by atoms with Gasteiger partial charge in [0.15, 0.2) is 36.2 Å². The third-order valence-electron chi connectivity index (χ3n) is 6.71. The molecular formula is C20H28N7O16P3. The minimum atomic E-state index is -5.67. The molecule has 254 valence electrons. The van der Waals surface area contributed by atoms with E-state index in [-0.39, 0.29) is 17.0 Å². The van der Waals surface area contributed by atoms with Crippen LogP contribution in [0.25, 0.3) is 11.2 Å². The summed E-state index contributed by atoms with van der Waals surface area (Å²) in [7, 11) is -16.5. The van der Waals surface area contributed by atoms with Crippen molar-refractivity contribution in [3.05, 3.63) is 37.2 Å². The van der Waals surface area contributed by atoms with Gasteiger partial charge in [-0.2, -0.15) is 4.57 Å². The van der Waals surface area contributed by atoms with Gasteiger partial charge < -0.3 is 60.4 Å². The van der Waals surface area contributed by atoms with Crippen molar-refractivity contribution in [3.8, 4) is 0 Å². The molecule has 0 amide bonds. The number of nitrogens with two attached hydrogens (primary N) is 2. The Kier molecular flexibility index (Phi) is 9.96. The Bertz CT molecular complexity index is 1710. The van der Waals surface area contributed by atoms with E-state index in [4.69, 9.17) is 20.9 Å². The normalized spacial score (nSPS) is 31.2. The molecular weight excluding hydrogens is 687 g/mol. The van der Waals surface area contributed by atoms with Crippen LogP contribution in [-0.2, 0) is 41.1 Å². The number of phosphoric ester groups is 3. The Hall–Kier alpha value is -2.53. The number of nitrogens with zero attached hydrogens (tertiary/aromatic N) is 5. The molecule has 0 saturated carbocycles. The lowest BCUT2D eigenvalue weighted by Gasteiger charge is -2.26. The molecule has 2 unspecified atom stereocenters. The van der Waals surface area contributed by atoms with E-state index in [0.717, 1.165) is 17.2 Å². The first-order valence-corrected chi connectivity index (χ1v) is 17.4. The van der Waals surface area contributed by atoms with E-state index in [9.17, 15) is 48.6 Å². The molecule has 2 fully saturated rings. The third-order valence-corrected chi connectivity index (χ3v) is 9.80. The summed E-state index contributed by atoms with van der Waals surface area (Å²) in [6, 6.07) is 3.08. The SMILES string of the molecule is Nc1ccc[n+]([C@@H]2O[C@H](COP(=O)([O-])OP(=O)(O)OC[C@H]3O[C@@H](n4cnc5c(N)ncnc54)[C@H](OP(=O)(O)O)[C@@H]3O)[C@@H](O)[C@H]2O)c1. The van der Waals surface area contributed by atoms with Crippen LogP contribution >= 0.6 is 23.5 Å². The molecule has 2 aliphatic heterocycles. The lowest BCUT2D eigenvalue weighted by Crippen LogP contribution is -2.45. The van der Waals surface area contributed by atoms with Gasteiger partial charge in [0.1, 0.15) is 42.4 Å². The number of aliphatic hydroxyl groups is 3. The van der Waals surface area contributed by atoms with Crippen molar-refractivity contribution >= 4 is 46.1 Å². The van der Waals surface area contributed by atoms with Crippen molar-refractivity contribution in [1.82, 2.24) is 19.5 Å². The highest BCUT2D eigenvalue weighted by molar-refractivity contribution is 7.60. The first kappa shape index (κ1) is 34.8. The van der Waals surface area contributed by atoms with Crippen molar-refractivity contribution in [2.24, 2.45) is 0 Å². The zero-order valence-corrected chi connectivity index (χ0v) is 25.7. The van der Waals surface area contributed by atoms with Crippen LogP contribution in [0.1, 0.15) is 12.5 Å². The molecule has 0 radical (unpaired) electrons. The minimum Gasteiger partial charge on any atom is -0.756 e. The van der Waals surface area contributed by atoms with Crippen LogP contribution in [0.3, 0.4) is 0 Å². The first-order chi connectivity index (χ1) is 21.4. The third kappa shape index (κ3) is 7.77. The summed E-state index contributed by atoms with van der Waals surface area (Å²) in [6.07, 6.45) is -7.81. The summed E-state index contributed by atoms with van der Waals surface area (Å²) < 4.78 is 68.0. The van der Waals surface area contributed by atoms with Gasteiger partial charge in [-0.1, -0.05) is 0 Å². The van der Waals surface area contributed by atoms with Crippen molar-refractivity contribution in [2.45, 2.75) is 49.1 Å². The number of pyridine rings is 1. The smallest absolute Gasteiger partial charge is 0.478 e. The van der Waals surface area contributed by atoms with Crippen LogP contribution in [0.5, 0.6) is 0 Å². The zero-order chi connectivity index (χ0) is 33.6. The van der Waals surface area contributed by atoms with Gasteiger partial charge in [-0.3, -0.25) is 18.2 Å². The number of hydrogen-bond donors (Lipinski definition) is 8. The first-order valence-electron chi connectivity index (χ1n) is 12.9. The predicted octanol–water partition coefficient (Wildman–Crippen LogP) is -3.05. The number of nitrogen functional groups attached to an aromatic ring is 2. The molecule has 46 heavy (non-hydrogen) atoms. The van der Waals surface area contributed by atoms with E-state index in [2.05, 4.69) is 32.8 Å². The average molecular weight is 715 g/mol. The van der Waals surface area contributed by atoms with Crippen LogP contribution in [0.2, 0.25) is 0 Å². The number of rotatable bonds is 12. The highest BCUT2D eigenvalue weighted by Crippen LogP contribution is 2.58. The molecule has 2 saturated heterocycles. The Balaban J connectivity index is 1.21. The number of aliphatic hydroxyl groups excluding tert-OH is 3. The number of hydrogen-bond acceptors (Lipinski definition) is 18. The number of imidazole rings is 1. The van der Waals surface area contributed by atoms with Crippen molar-refractivity contribution in [2.75, 3.05) is 24.7 Å². The molecule has 3 aromatic rings. The number of anilines is 2. The van der Waals surface area contributed by atoms with E-state index in [1.165, 1.54) is 23.0 Å². The lowest BCUT2D eigenvalue weighted by molar-refractivity contribution is -0.765. The highest BCUT2D eigenvalue weighted by atomic mass is 31.3. The molecule has 0 aromatic carbocycles. The Morgan fingerprint density at radius 1 is 0.978 bits per heavy atom. The fourth-order valence-corrected chi connectivity index (χ4v) is 7.30. The second-order valence-electron chi connectivity index (χ2n) is 9.92. The van der Waals surface area contributed by atoms with Crippen LogP contribution < -0.4 is 20.9 Å². The number of phosphoric acid groups is 3. The zero-order valence-electron chi connectivity index (χ0n) is 23.0. The number of fused-ring (bicyclic) bond motifs is 1. The van der Waals surface area contributed by atoms with Gasteiger partial charge >= 0.3 is 15.6 Å². The molecule has 23 nitrogen and oxygen atoms in total. The van der Waals surface area contributed by atoms with Gasteiger partial charge in [0.2, 0.25) is 0 Å². The van der Waals surface area contributed by atoms with E-state index in [1.54, 1.807) is 6.07 Å². The van der Waals surface area contributed by atoms with Gasteiger partial charge in [-0.05, 0) is 6.07 Å². The number of aromatic nitrogens is 5. The Morgan fingerprint density at radius 3 is 2.37 bits per heavy atom. The molecule has 5 rings (SSSR count). The van der Waals surface area contributed by atoms with Crippen LogP contribution in [-0.4, -0.2) is 99.4 Å². The van der Waals surface area contributed by atoms with Gasteiger partial charge in [0.05, 0.1) is 25.2 Å². The highest BCUT2D eigenvalue weighted by Gasteiger charge is 2.51. The fourth-order valence-electron chi connectivity index (χ4n) is 4.70. The van der Waals surface area contributed by atoms with Crippen LogP contribution in [0.4, 0.5) is 11.5 Å². The monoisotopic (exact) mass is 715 g/mol. The largest absolute Gasteiger partial charge is 0.756 e. The fraction of sp³-hybridized carbons (Fsp3) is 0.500. The van der Waals surface area contributed by atoms with E-state index >= 15 is 0 Å². The van der Waals surface area contributed by atoms with Gasteiger partial charge in [-0.15, -0.1) is 0 Å². The quantitative estimate of drug-likeness (QED) is 0.0682. The van der Waals surface area contributed by atoms with Crippen molar-refractivity contribution in [3.63, 3.8) is 0 Å².